The average Bonchev–Trinajstić information content (AvgIpc) is 3.31. The quantitative estimate of drug-likeness (QED) is 0.876. The maximum atomic E-state index is 11.9. The smallest absolute Gasteiger partial charge is 0.225 e. The molecule has 1 aliphatic heterocycles. The van der Waals surface area contributed by atoms with Crippen LogP contribution in [0.5, 0.6) is 0 Å². The number of carbonyl (C=O) groups is 1. The lowest BCUT2D eigenvalue weighted by Crippen LogP contribution is -2.45. The molecule has 2 fully saturated rings. The lowest BCUT2D eigenvalue weighted by atomic mass is 10.0. The summed E-state index contributed by atoms with van der Waals surface area (Å²) in [6, 6.07) is 0.503. The standard InChI is InChI=1S/C14H20N4O/c19-14(12-1-2-12)18-5-3-13(4-6-18)17-9-11-7-15-10-16-8-11/h7-8,10,12-13,17H,1-6,9H2. The summed E-state index contributed by atoms with van der Waals surface area (Å²) in [7, 11) is 0. The van der Waals surface area contributed by atoms with Gasteiger partial charge < -0.3 is 10.2 Å². The number of piperidine rings is 1. The maximum absolute atomic E-state index is 11.9. The minimum Gasteiger partial charge on any atom is -0.342 e. The van der Waals surface area contributed by atoms with Gasteiger partial charge in [0.15, 0.2) is 0 Å². The molecule has 1 aromatic rings. The summed E-state index contributed by atoms with van der Waals surface area (Å²) in [6.07, 6.45) is 9.53. The molecule has 1 saturated carbocycles. The zero-order valence-electron chi connectivity index (χ0n) is 11.1. The van der Waals surface area contributed by atoms with Gasteiger partial charge in [-0.1, -0.05) is 0 Å². The third kappa shape index (κ3) is 3.29. The fraction of sp³-hybridized carbons (Fsp3) is 0.643. The van der Waals surface area contributed by atoms with E-state index in [0.29, 0.717) is 17.9 Å². The SMILES string of the molecule is O=C(C1CC1)N1CCC(NCc2cncnc2)CC1. The molecule has 3 rings (SSSR count). The number of hydrogen-bond donors (Lipinski definition) is 1. The van der Waals surface area contributed by atoms with E-state index < -0.39 is 0 Å². The monoisotopic (exact) mass is 260 g/mol. The Kier molecular flexibility index (Phi) is 3.73. The molecule has 5 nitrogen and oxygen atoms in total. The maximum Gasteiger partial charge on any atom is 0.225 e. The highest BCUT2D eigenvalue weighted by molar-refractivity contribution is 5.81. The number of amides is 1. The lowest BCUT2D eigenvalue weighted by Gasteiger charge is -2.32. The molecule has 0 radical (unpaired) electrons. The first-order valence-corrected chi connectivity index (χ1v) is 7.09. The van der Waals surface area contributed by atoms with Crippen molar-refractivity contribution in [2.45, 2.75) is 38.3 Å². The predicted molar refractivity (Wildman–Crippen MR) is 71.2 cm³/mol. The molecule has 2 heterocycles. The zero-order chi connectivity index (χ0) is 13.1. The average molecular weight is 260 g/mol. The highest BCUT2D eigenvalue weighted by Crippen LogP contribution is 2.31. The fourth-order valence-electron chi connectivity index (χ4n) is 2.58. The largest absolute Gasteiger partial charge is 0.342 e. The highest BCUT2D eigenvalue weighted by Gasteiger charge is 2.34. The molecule has 5 heteroatoms. The highest BCUT2D eigenvalue weighted by atomic mass is 16.2. The summed E-state index contributed by atoms with van der Waals surface area (Å²) in [5, 5.41) is 3.52. The van der Waals surface area contributed by atoms with Crippen LogP contribution in [0.2, 0.25) is 0 Å². The summed E-state index contributed by atoms with van der Waals surface area (Å²) < 4.78 is 0. The second kappa shape index (κ2) is 5.65. The molecule has 1 aliphatic carbocycles. The van der Waals surface area contributed by atoms with Gasteiger partial charge in [0, 0.05) is 49.6 Å². The van der Waals surface area contributed by atoms with Crippen molar-refractivity contribution >= 4 is 5.91 Å². The number of nitrogens with one attached hydrogen (secondary N) is 1. The van der Waals surface area contributed by atoms with Gasteiger partial charge in [0.05, 0.1) is 0 Å². The fourth-order valence-corrected chi connectivity index (χ4v) is 2.58. The number of carbonyl (C=O) groups excluding carboxylic acids is 1. The summed E-state index contributed by atoms with van der Waals surface area (Å²) in [5.74, 6) is 0.737. The topological polar surface area (TPSA) is 58.1 Å². The van der Waals surface area contributed by atoms with Crippen LogP contribution in [-0.2, 0) is 11.3 Å². The van der Waals surface area contributed by atoms with Crippen LogP contribution in [0.1, 0.15) is 31.2 Å². The van der Waals surface area contributed by atoms with Crippen molar-refractivity contribution in [1.29, 1.82) is 0 Å². The second-order valence-electron chi connectivity index (χ2n) is 5.50. The van der Waals surface area contributed by atoms with E-state index in [9.17, 15) is 4.79 Å². The van der Waals surface area contributed by atoms with Gasteiger partial charge in [-0.3, -0.25) is 4.79 Å². The van der Waals surface area contributed by atoms with Gasteiger partial charge in [-0.2, -0.15) is 0 Å². The summed E-state index contributed by atoms with van der Waals surface area (Å²) >= 11 is 0. The Hall–Kier alpha value is -1.49. The minimum atomic E-state index is 0.353. The predicted octanol–water partition coefficient (Wildman–Crippen LogP) is 0.967. The van der Waals surface area contributed by atoms with Crippen LogP contribution in [0.25, 0.3) is 0 Å². The Labute approximate surface area is 113 Å². The molecule has 1 aromatic heterocycles. The van der Waals surface area contributed by atoms with Crippen LogP contribution in [-0.4, -0.2) is 39.9 Å². The van der Waals surface area contributed by atoms with Crippen LogP contribution >= 0.6 is 0 Å². The van der Waals surface area contributed by atoms with Gasteiger partial charge in [-0.15, -0.1) is 0 Å². The first kappa shape index (κ1) is 12.5. The van der Waals surface area contributed by atoms with Crippen LogP contribution < -0.4 is 5.32 Å². The number of nitrogens with zero attached hydrogens (tertiary/aromatic N) is 3. The van der Waals surface area contributed by atoms with E-state index in [1.807, 2.05) is 17.3 Å². The Morgan fingerprint density at radius 2 is 1.89 bits per heavy atom. The molecule has 1 saturated heterocycles. The first-order chi connectivity index (χ1) is 9.33. The molecule has 0 unspecified atom stereocenters. The van der Waals surface area contributed by atoms with Crippen LogP contribution in [0.4, 0.5) is 0 Å². The van der Waals surface area contributed by atoms with E-state index in [1.54, 1.807) is 6.33 Å². The molecule has 1 N–H and O–H groups in total. The first-order valence-electron chi connectivity index (χ1n) is 7.09. The van der Waals surface area contributed by atoms with Crippen LogP contribution in [0.3, 0.4) is 0 Å². The van der Waals surface area contributed by atoms with Gasteiger partial charge in [0.1, 0.15) is 6.33 Å². The van der Waals surface area contributed by atoms with E-state index in [-0.39, 0.29) is 0 Å². The van der Waals surface area contributed by atoms with Crippen molar-refractivity contribution in [3.63, 3.8) is 0 Å². The van der Waals surface area contributed by atoms with E-state index in [0.717, 1.165) is 50.9 Å². The molecular formula is C14H20N4O. The van der Waals surface area contributed by atoms with Crippen molar-refractivity contribution in [2.75, 3.05) is 13.1 Å². The van der Waals surface area contributed by atoms with Crippen LogP contribution in [0, 0.1) is 5.92 Å². The van der Waals surface area contributed by atoms with E-state index in [4.69, 9.17) is 0 Å². The van der Waals surface area contributed by atoms with Crippen molar-refractivity contribution in [3.05, 3.63) is 24.3 Å². The number of likely N-dealkylation sites (tertiary alicyclic amines) is 1. The number of aromatic nitrogens is 2. The molecule has 1 amide bonds. The summed E-state index contributed by atoms with van der Waals surface area (Å²) in [6.45, 7) is 2.61. The second-order valence-corrected chi connectivity index (χ2v) is 5.50. The van der Waals surface area contributed by atoms with Gasteiger partial charge in [-0.25, -0.2) is 9.97 Å². The van der Waals surface area contributed by atoms with Crippen LogP contribution in [0.15, 0.2) is 18.7 Å². The Bertz CT molecular complexity index is 424. The van der Waals surface area contributed by atoms with Gasteiger partial charge >= 0.3 is 0 Å². The van der Waals surface area contributed by atoms with Gasteiger partial charge in [-0.05, 0) is 25.7 Å². The molecule has 0 bridgehead atoms. The van der Waals surface area contributed by atoms with E-state index >= 15 is 0 Å². The van der Waals surface area contributed by atoms with Crippen molar-refractivity contribution in [2.24, 2.45) is 5.92 Å². The van der Waals surface area contributed by atoms with E-state index in [1.165, 1.54) is 0 Å². The molecule has 0 aromatic carbocycles. The summed E-state index contributed by atoms with van der Waals surface area (Å²) in [5.41, 5.74) is 1.11. The molecule has 0 atom stereocenters. The number of rotatable bonds is 4. The normalized spacial score (nSPS) is 20.5. The van der Waals surface area contributed by atoms with Gasteiger partial charge in [0.25, 0.3) is 0 Å². The number of hydrogen-bond acceptors (Lipinski definition) is 4. The Morgan fingerprint density at radius 1 is 1.21 bits per heavy atom. The molecular weight excluding hydrogens is 240 g/mol. The Morgan fingerprint density at radius 3 is 2.53 bits per heavy atom. The lowest BCUT2D eigenvalue weighted by molar-refractivity contribution is -0.133. The zero-order valence-corrected chi connectivity index (χ0v) is 11.1. The van der Waals surface area contributed by atoms with Crippen molar-refractivity contribution in [1.82, 2.24) is 20.2 Å². The summed E-state index contributed by atoms with van der Waals surface area (Å²) in [4.78, 5) is 22.0. The van der Waals surface area contributed by atoms with Gasteiger partial charge in [0.2, 0.25) is 5.91 Å². The Balaban J connectivity index is 1.41. The van der Waals surface area contributed by atoms with E-state index in [2.05, 4.69) is 15.3 Å². The third-order valence-corrected chi connectivity index (χ3v) is 3.94. The molecule has 102 valence electrons. The molecule has 0 spiro atoms. The molecule has 19 heavy (non-hydrogen) atoms. The van der Waals surface area contributed by atoms with Crippen molar-refractivity contribution < 1.29 is 4.79 Å². The van der Waals surface area contributed by atoms with Crippen molar-refractivity contribution in [3.8, 4) is 0 Å². The minimum absolute atomic E-state index is 0.353. The third-order valence-electron chi connectivity index (χ3n) is 3.94. The molecule has 2 aliphatic rings.